The van der Waals surface area contributed by atoms with Gasteiger partial charge in [0.25, 0.3) is 0 Å². The molecular weight excluding hydrogens is 487 g/mol. The first-order valence-electron chi connectivity index (χ1n) is 13.6. The molecule has 10 nitrogen and oxygen atoms in total. The molecule has 1 saturated carbocycles. The van der Waals surface area contributed by atoms with Gasteiger partial charge in [-0.15, -0.1) is 0 Å². The lowest BCUT2D eigenvalue weighted by Crippen LogP contribution is -2.45. The second kappa shape index (κ2) is 11.2. The average molecular weight is 523 g/mol. The number of anilines is 3. The van der Waals surface area contributed by atoms with E-state index in [2.05, 4.69) is 54.2 Å². The first kappa shape index (κ1) is 25.0. The topological polar surface area (TPSA) is 91.8 Å². The summed E-state index contributed by atoms with van der Waals surface area (Å²) in [5, 5.41) is 3.34. The van der Waals surface area contributed by atoms with Crippen molar-refractivity contribution in [1.82, 2.24) is 24.8 Å². The Morgan fingerprint density at radius 2 is 1.66 bits per heavy atom. The lowest BCUT2D eigenvalue weighted by molar-refractivity contribution is 0.122. The number of morpholine rings is 1. The quantitative estimate of drug-likeness (QED) is 0.521. The van der Waals surface area contributed by atoms with Crippen LogP contribution in [-0.4, -0.2) is 96.5 Å². The normalized spacial score (nSPS) is 23.0. The van der Waals surface area contributed by atoms with E-state index in [-0.39, 0.29) is 23.8 Å². The van der Waals surface area contributed by atoms with Gasteiger partial charge in [0, 0.05) is 69.5 Å². The molecule has 2 saturated heterocycles. The third kappa shape index (κ3) is 5.44. The third-order valence-corrected chi connectivity index (χ3v) is 7.78. The SMILES string of the molecule is CN1CCN(c2ncnc(NC3CCC(Oc4cc(N5CCOCC5)cc5nccnc45)CC3)c2F)CC1. The Hall–Kier alpha value is -3.31. The summed E-state index contributed by atoms with van der Waals surface area (Å²) in [6.07, 6.45) is 8.40. The molecule has 0 atom stereocenters. The lowest BCUT2D eigenvalue weighted by Gasteiger charge is -2.34. The highest BCUT2D eigenvalue weighted by Gasteiger charge is 2.27. The first-order valence-corrected chi connectivity index (χ1v) is 13.6. The third-order valence-electron chi connectivity index (χ3n) is 7.78. The van der Waals surface area contributed by atoms with E-state index < -0.39 is 0 Å². The van der Waals surface area contributed by atoms with Crippen molar-refractivity contribution in [2.75, 3.05) is 74.6 Å². The molecule has 2 aliphatic heterocycles. The van der Waals surface area contributed by atoms with Crippen LogP contribution >= 0.6 is 0 Å². The number of rotatable bonds is 6. The van der Waals surface area contributed by atoms with Gasteiger partial charge in [0.1, 0.15) is 17.6 Å². The number of nitrogens with zero attached hydrogens (tertiary/aromatic N) is 7. The van der Waals surface area contributed by atoms with Gasteiger partial charge in [0.05, 0.1) is 24.8 Å². The highest BCUT2D eigenvalue weighted by Crippen LogP contribution is 2.33. The van der Waals surface area contributed by atoms with Crippen LogP contribution in [0.3, 0.4) is 0 Å². The number of hydrogen-bond donors (Lipinski definition) is 1. The fourth-order valence-electron chi connectivity index (χ4n) is 5.52. The van der Waals surface area contributed by atoms with E-state index in [1.807, 2.05) is 4.90 Å². The molecule has 3 fully saturated rings. The van der Waals surface area contributed by atoms with Crippen molar-refractivity contribution in [2.45, 2.75) is 37.8 Å². The molecule has 1 N–H and O–H groups in total. The predicted molar refractivity (Wildman–Crippen MR) is 145 cm³/mol. The minimum atomic E-state index is -0.361. The minimum Gasteiger partial charge on any atom is -0.488 e. The number of nitrogens with one attached hydrogen (secondary N) is 1. The van der Waals surface area contributed by atoms with Crippen LogP contribution < -0.4 is 19.9 Å². The lowest BCUT2D eigenvalue weighted by atomic mass is 9.93. The maximum Gasteiger partial charge on any atom is 0.207 e. The van der Waals surface area contributed by atoms with E-state index in [0.717, 1.165) is 101 Å². The maximum atomic E-state index is 15.3. The Kier molecular flexibility index (Phi) is 7.37. The van der Waals surface area contributed by atoms with Crippen LogP contribution in [-0.2, 0) is 4.74 Å². The van der Waals surface area contributed by atoms with Crippen LogP contribution in [0.25, 0.3) is 11.0 Å². The van der Waals surface area contributed by atoms with E-state index in [4.69, 9.17) is 9.47 Å². The molecule has 0 radical (unpaired) electrons. The highest BCUT2D eigenvalue weighted by atomic mass is 19.1. The van der Waals surface area contributed by atoms with Crippen LogP contribution in [0, 0.1) is 5.82 Å². The second-order valence-electron chi connectivity index (χ2n) is 10.4. The van der Waals surface area contributed by atoms with E-state index in [0.29, 0.717) is 5.82 Å². The van der Waals surface area contributed by atoms with Gasteiger partial charge in [0.2, 0.25) is 5.82 Å². The number of benzene rings is 1. The summed E-state index contributed by atoms with van der Waals surface area (Å²) in [6, 6.07) is 4.30. The largest absolute Gasteiger partial charge is 0.488 e. The van der Waals surface area contributed by atoms with Gasteiger partial charge in [-0.05, 0) is 38.8 Å². The summed E-state index contributed by atoms with van der Waals surface area (Å²) in [5.74, 6) is 1.09. The highest BCUT2D eigenvalue weighted by molar-refractivity contribution is 5.85. The number of ether oxygens (including phenoxy) is 2. The summed E-state index contributed by atoms with van der Waals surface area (Å²) in [6.45, 7) is 6.44. The van der Waals surface area contributed by atoms with Crippen molar-refractivity contribution in [3.63, 3.8) is 0 Å². The number of halogens is 1. The van der Waals surface area contributed by atoms with Crippen LogP contribution in [0.4, 0.5) is 21.7 Å². The fraction of sp³-hybridized carbons (Fsp3) is 0.556. The summed E-state index contributed by atoms with van der Waals surface area (Å²) in [5.41, 5.74) is 2.70. The van der Waals surface area contributed by atoms with Crippen LogP contribution in [0.2, 0.25) is 0 Å². The van der Waals surface area contributed by atoms with Gasteiger partial charge in [-0.3, -0.25) is 4.98 Å². The zero-order chi connectivity index (χ0) is 25.9. The number of aromatic nitrogens is 4. The van der Waals surface area contributed by atoms with Crippen molar-refractivity contribution in [3.05, 3.63) is 36.7 Å². The van der Waals surface area contributed by atoms with Gasteiger partial charge in [-0.25, -0.2) is 15.0 Å². The van der Waals surface area contributed by atoms with Crippen molar-refractivity contribution < 1.29 is 13.9 Å². The minimum absolute atomic E-state index is 0.0642. The summed E-state index contributed by atoms with van der Waals surface area (Å²) in [7, 11) is 2.08. The Bertz CT molecular complexity index is 1240. The predicted octanol–water partition coefficient (Wildman–Crippen LogP) is 2.95. The summed E-state index contributed by atoms with van der Waals surface area (Å²) < 4.78 is 27.4. The number of likely N-dealkylation sites (N-methyl/N-ethyl adjacent to an activating group) is 1. The maximum absolute atomic E-state index is 15.3. The monoisotopic (exact) mass is 522 g/mol. The average Bonchev–Trinajstić information content (AvgIpc) is 2.96. The Morgan fingerprint density at radius 1 is 0.895 bits per heavy atom. The fourth-order valence-corrected chi connectivity index (χ4v) is 5.52. The molecule has 0 amide bonds. The molecule has 202 valence electrons. The van der Waals surface area contributed by atoms with Gasteiger partial charge in [-0.1, -0.05) is 0 Å². The Balaban J connectivity index is 1.10. The van der Waals surface area contributed by atoms with Crippen LogP contribution in [0.5, 0.6) is 5.75 Å². The van der Waals surface area contributed by atoms with E-state index in [9.17, 15) is 0 Å². The van der Waals surface area contributed by atoms with Gasteiger partial charge in [-0.2, -0.15) is 4.39 Å². The zero-order valence-electron chi connectivity index (χ0n) is 21.9. The van der Waals surface area contributed by atoms with Crippen LogP contribution in [0.1, 0.15) is 25.7 Å². The Morgan fingerprint density at radius 3 is 2.45 bits per heavy atom. The molecule has 3 aliphatic rings. The standard InChI is InChI=1S/C27H35FN8O2/c1-34-8-10-36(11-9-34)27-24(28)26(31-18-32-27)33-19-2-4-21(5-3-19)38-23-17-20(35-12-14-37-15-13-35)16-22-25(23)30-7-6-29-22/h6-7,16-19,21H,2-5,8-15H2,1H3,(H,31,32,33). The zero-order valence-corrected chi connectivity index (χ0v) is 21.9. The molecule has 6 rings (SSSR count). The van der Waals surface area contributed by atoms with Crippen molar-refractivity contribution in [1.29, 1.82) is 0 Å². The van der Waals surface area contributed by atoms with Crippen molar-refractivity contribution >= 4 is 28.4 Å². The van der Waals surface area contributed by atoms with Crippen LogP contribution in [0.15, 0.2) is 30.9 Å². The van der Waals surface area contributed by atoms with E-state index in [1.54, 1.807) is 12.4 Å². The smallest absolute Gasteiger partial charge is 0.207 e. The number of hydrogen-bond acceptors (Lipinski definition) is 10. The molecule has 11 heteroatoms. The molecule has 0 bridgehead atoms. The molecule has 0 spiro atoms. The van der Waals surface area contributed by atoms with Crippen molar-refractivity contribution in [2.24, 2.45) is 0 Å². The molecule has 1 aromatic carbocycles. The molecule has 38 heavy (non-hydrogen) atoms. The van der Waals surface area contributed by atoms with E-state index in [1.165, 1.54) is 6.33 Å². The van der Waals surface area contributed by atoms with Crippen molar-refractivity contribution in [3.8, 4) is 5.75 Å². The molecule has 0 unspecified atom stereocenters. The van der Waals surface area contributed by atoms with E-state index >= 15 is 4.39 Å². The molecule has 2 aromatic heterocycles. The summed E-state index contributed by atoms with van der Waals surface area (Å²) in [4.78, 5) is 24.1. The summed E-state index contributed by atoms with van der Waals surface area (Å²) >= 11 is 0. The second-order valence-corrected chi connectivity index (χ2v) is 10.4. The molecule has 3 aromatic rings. The molecule has 4 heterocycles. The first-order chi connectivity index (χ1) is 18.6. The van der Waals surface area contributed by atoms with Gasteiger partial charge >= 0.3 is 0 Å². The number of fused-ring (bicyclic) bond motifs is 1. The number of piperazine rings is 1. The molecular formula is C27H35FN8O2. The molecule has 1 aliphatic carbocycles. The Labute approximate surface area is 222 Å². The van der Waals surface area contributed by atoms with Gasteiger partial charge < -0.3 is 29.5 Å². The van der Waals surface area contributed by atoms with Gasteiger partial charge in [0.15, 0.2) is 11.6 Å².